The third-order valence-electron chi connectivity index (χ3n) is 6.72. The van der Waals surface area contributed by atoms with Gasteiger partial charge in [-0.2, -0.15) is 0 Å². The Morgan fingerprint density at radius 3 is 1.81 bits per heavy atom. The van der Waals surface area contributed by atoms with Crippen LogP contribution >= 0.6 is 63.7 Å². The average Bonchev–Trinajstić information content (AvgIpc) is 3.52. The number of amides is 2. The van der Waals surface area contributed by atoms with Gasteiger partial charge in [0.15, 0.2) is 0 Å². The average molecular weight is 852 g/mol. The van der Waals surface area contributed by atoms with Crippen LogP contribution in [0.2, 0.25) is 0 Å². The Kier molecular flexibility index (Phi) is 16.2. The van der Waals surface area contributed by atoms with E-state index in [4.69, 9.17) is 5.11 Å². The van der Waals surface area contributed by atoms with Gasteiger partial charge >= 0.3 is 5.97 Å². The van der Waals surface area contributed by atoms with E-state index in [0.29, 0.717) is 0 Å². The second-order valence-electron chi connectivity index (χ2n) is 9.88. The molecule has 234 valence electrons. The van der Waals surface area contributed by atoms with Crippen molar-refractivity contribution in [3.8, 4) is 0 Å². The fourth-order valence-electron chi connectivity index (χ4n) is 3.97. The number of carboxylic acid groups (broad SMARTS) is 1. The van der Waals surface area contributed by atoms with Crippen LogP contribution in [0.5, 0.6) is 0 Å². The number of hydrogen-bond acceptors (Lipinski definition) is 7. The first-order valence-electron chi connectivity index (χ1n) is 13.4. The maximum atomic E-state index is 10.4. The molecule has 0 unspecified atom stereocenters. The minimum Gasteiger partial charge on any atom is -0.481 e. The minimum absolute atomic E-state index is 0.0869. The van der Waals surface area contributed by atoms with E-state index in [1.165, 1.54) is 30.5 Å². The van der Waals surface area contributed by atoms with Crippen LogP contribution in [0.15, 0.2) is 36.7 Å². The Bertz CT molecular complexity index is 1410. The molecule has 5 rings (SSSR count). The zero-order chi connectivity index (χ0) is 32.1. The number of carbonyl (C=O) groups is 3. The van der Waals surface area contributed by atoms with Gasteiger partial charge in [-0.15, -0.1) is 0 Å². The summed E-state index contributed by atoms with van der Waals surface area (Å²) < 4.78 is 2.02. The molecule has 0 spiro atoms. The van der Waals surface area contributed by atoms with Gasteiger partial charge < -0.3 is 14.6 Å². The number of hydrogen-bond donors (Lipinski definition) is 1. The highest BCUT2D eigenvalue weighted by Crippen LogP contribution is 2.18. The Balaban J connectivity index is 0.000000206. The molecular weight excluding hydrogens is 816 g/mol. The normalized spacial score (nSPS) is 14.9. The van der Waals surface area contributed by atoms with E-state index in [-0.39, 0.29) is 17.7 Å². The molecule has 0 atom stereocenters. The zero-order valence-corrected chi connectivity index (χ0v) is 30.9. The summed E-state index contributed by atoms with van der Waals surface area (Å²) in [5.74, 6) is -1.20. The molecule has 0 aliphatic carbocycles. The molecule has 0 saturated carbocycles. The van der Waals surface area contributed by atoms with Crippen LogP contribution in [-0.4, -0.2) is 79.4 Å². The largest absolute Gasteiger partial charge is 0.481 e. The first kappa shape index (κ1) is 37.2. The van der Waals surface area contributed by atoms with Crippen LogP contribution in [0, 0.1) is 12.8 Å². The summed E-state index contributed by atoms with van der Waals surface area (Å²) in [4.78, 5) is 47.8. The summed E-state index contributed by atoms with van der Waals surface area (Å²) in [7, 11) is 5.47. The minimum atomic E-state index is -0.631. The Morgan fingerprint density at radius 1 is 0.860 bits per heavy atom. The second kappa shape index (κ2) is 18.7. The van der Waals surface area contributed by atoms with Gasteiger partial charge in [0.25, 0.3) is 11.8 Å². The van der Waals surface area contributed by atoms with Crippen LogP contribution in [0.25, 0.3) is 11.0 Å². The number of benzene rings is 1. The first-order valence-corrected chi connectivity index (χ1v) is 17.8. The van der Waals surface area contributed by atoms with Crippen molar-refractivity contribution >= 4 is 92.5 Å². The summed E-state index contributed by atoms with van der Waals surface area (Å²) in [6.07, 6.45) is 5.95. The van der Waals surface area contributed by atoms with Gasteiger partial charge in [0.05, 0.1) is 46.1 Å². The molecule has 0 bridgehead atoms. The van der Waals surface area contributed by atoms with Crippen molar-refractivity contribution in [3.63, 3.8) is 0 Å². The fraction of sp³-hybridized carbons (Fsp3) is 0.448. The van der Waals surface area contributed by atoms with E-state index in [2.05, 4.69) is 103 Å². The molecule has 2 aliphatic rings. The van der Waals surface area contributed by atoms with Crippen molar-refractivity contribution in [2.24, 2.45) is 13.0 Å². The molecule has 4 heterocycles. The van der Waals surface area contributed by atoms with E-state index in [0.717, 1.165) is 80.3 Å². The number of rotatable bonds is 5. The smallest absolute Gasteiger partial charge is 0.306 e. The lowest BCUT2D eigenvalue weighted by Gasteiger charge is -2.25. The van der Waals surface area contributed by atoms with Crippen molar-refractivity contribution in [2.45, 2.75) is 41.1 Å². The zero-order valence-electron chi connectivity index (χ0n) is 24.6. The number of likely N-dealkylation sites (tertiary alicyclic amines) is 1. The number of carbonyl (C=O) groups excluding carboxylic acids is 2. The molecule has 2 amide bonds. The maximum Gasteiger partial charge on any atom is 0.306 e. The molecule has 1 aromatic carbocycles. The number of aromatic nitrogens is 4. The van der Waals surface area contributed by atoms with Crippen LogP contribution in [0.3, 0.4) is 0 Å². The predicted octanol–water partition coefficient (Wildman–Crippen LogP) is 5.89. The molecule has 43 heavy (non-hydrogen) atoms. The number of imide groups is 1. The monoisotopic (exact) mass is 848 g/mol. The summed E-state index contributed by atoms with van der Waals surface area (Å²) >= 11 is 13.6. The Labute approximate surface area is 285 Å². The number of aliphatic carboxylic acids is 1. The quantitative estimate of drug-likeness (QED) is 0.249. The standard InChI is InChI=1S/C11H10Br2N2.C7H13NO2.C6H8Br2N2.C5H5NO2/c1-7-2-3-8-9(4-7)15-11(6-13)10(5-12)14-8;1-8-4-2-6(3-5-8)7(9)10;1-10-4-9-5(2-7)6(10)3-8;1-6-4(7)2-3-5(6)8/h2-4H,5-6H2,1H3;6H,2-5H2,1H3,(H,9,10);4H,2-3H2,1H3;2-3H,1H3. The summed E-state index contributed by atoms with van der Waals surface area (Å²) in [5.41, 5.74) is 7.49. The fourth-order valence-corrected chi connectivity index (χ4v) is 6.05. The van der Waals surface area contributed by atoms with Gasteiger partial charge in [-0.1, -0.05) is 69.8 Å². The van der Waals surface area contributed by atoms with Crippen LogP contribution < -0.4 is 0 Å². The molecular formula is C29H36Br4N6O4. The van der Waals surface area contributed by atoms with Crippen LogP contribution in [0.1, 0.15) is 41.2 Å². The maximum absolute atomic E-state index is 10.4. The third-order valence-corrected chi connectivity index (χ3v) is 8.85. The van der Waals surface area contributed by atoms with Gasteiger partial charge in [0.2, 0.25) is 0 Å². The molecule has 3 aromatic rings. The number of carboxylic acids is 1. The molecule has 14 heteroatoms. The SMILES string of the molecule is CN1C(=O)C=CC1=O.CN1CCC(C(=O)O)CC1.Cc1ccc2nc(CBr)c(CBr)nc2c1.Cn1cnc(CBr)c1CBr. The van der Waals surface area contributed by atoms with E-state index < -0.39 is 5.97 Å². The van der Waals surface area contributed by atoms with Gasteiger partial charge in [-0.3, -0.25) is 19.3 Å². The number of halogens is 4. The van der Waals surface area contributed by atoms with Crippen molar-refractivity contribution in [1.82, 2.24) is 29.3 Å². The first-order chi connectivity index (χ1) is 20.4. The Morgan fingerprint density at radius 2 is 1.40 bits per heavy atom. The highest BCUT2D eigenvalue weighted by molar-refractivity contribution is 9.09. The number of alkyl halides is 4. The third kappa shape index (κ3) is 11.5. The summed E-state index contributed by atoms with van der Waals surface area (Å²) in [5, 5.41) is 11.8. The van der Waals surface area contributed by atoms with Crippen molar-refractivity contribution < 1.29 is 19.5 Å². The molecule has 2 aliphatic heterocycles. The van der Waals surface area contributed by atoms with Gasteiger partial charge in [0.1, 0.15) is 0 Å². The van der Waals surface area contributed by atoms with Crippen molar-refractivity contribution in [2.75, 3.05) is 27.2 Å². The second-order valence-corrected chi connectivity index (χ2v) is 12.1. The van der Waals surface area contributed by atoms with Gasteiger partial charge in [-0.05, 0) is 57.6 Å². The van der Waals surface area contributed by atoms with E-state index in [9.17, 15) is 14.4 Å². The molecule has 0 radical (unpaired) electrons. The predicted molar refractivity (Wildman–Crippen MR) is 183 cm³/mol. The van der Waals surface area contributed by atoms with Crippen molar-refractivity contribution in [3.05, 3.63) is 65.0 Å². The lowest BCUT2D eigenvalue weighted by atomic mass is 9.98. The lowest BCUT2D eigenvalue weighted by molar-refractivity contribution is -0.143. The summed E-state index contributed by atoms with van der Waals surface area (Å²) in [6, 6.07) is 6.14. The van der Waals surface area contributed by atoms with Gasteiger partial charge in [0, 0.05) is 47.6 Å². The molecule has 1 fully saturated rings. The molecule has 1 N–H and O–H groups in total. The number of likely N-dealkylation sites (N-methyl/N-ethyl adjacent to an activating group) is 1. The van der Waals surface area contributed by atoms with E-state index in [1.54, 1.807) is 0 Å². The molecule has 10 nitrogen and oxygen atoms in total. The number of fused-ring (bicyclic) bond motifs is 1. The van der Waals surface area contributed by atoms with E-state index >= 15 is 0 Å². The summed E-state index contributed by atoms with van der Waals surface area (Å²) in [6.45, 7) is 3.92. The van der Waals surface area contributed by atoms with E-state index in [1.807, 2.05) is 31.1 Å². The number of aryl methyl sites for hydroxylation is 2. The molecule has 2 aromatic heterocycles. The van der Waals surface area contributed by atoms with Crippen LogP contribution in [-0.2, 0) is 42.8 Å². The topological polar surface area (TPSA) is 122 Å². The number of nitrogens with zero attached hydrogens (tertiary/aromatic N) is 6. The number of imidazole rings is 1. The highest BCUT2D eigenvalue weighted by atomic mass is 79.9. The highest BCUT2D eigenvalue weighted by Gasteiger charge is 2.22. The lowest BCUT2D eigenvalue weighted by Crippen LogP contribution is -2.33. The Hall–Kier alpha value is -2.00. The van der Waals surface area contributed by atoms with Gasteiger partial charge in [-0.25, -0.2) is 15.0 Å². The molecule has 1 saturated heterocycles. The van der Waals surface area contributed by atoms with Crippen molar-refractivity contribution in [1.29, 1.82) is 0 Å². The number of piperidine rings is 1. The van der Waals surface area contributed by atoms with Crippen LogP contribution in [0.4, 0.5) is 0 Å².